The van der Waals surface area contributed by atoms with Crippen LogP contribution in [0.1, 0.15) is 20.8 Å². The highest BCUT2D eigenvalue weighted by atomic mass is 32.1. The molecule has 3 rings (SSSR count). The molecule has 0 spiro atoms. The molecule has 1 aromatic carbocycles. The molecule has 0 aliphatic heterocycles. The van der Waals surface area contributed by atoms with E-state index in [0.717, 1.165) is 16.9 Å². The highest BCUT2D eigenvalue weighted by Crippen LogP contribution is 2.33. The molecule has 7 heteroatoms. The summed E-state index contributed by atoms with van der Waals surface area (Å²) in [5, 5.41) is 9.61. The monoisotopic (exact) mass is 325 g/mol. The number of aromatic amines is 1. The standard InChI is InChI=1S/C16H12N4O2S/c17-7-10-6-11-12(18)13(23-15(11)20-14(10)19)16(21)22-8-9-4-2-1-3-5-9/h1-6H,8,18H2,(H2,19,20)/p+1. The summed E-state index contributed by atoms with van der Waals surface area (Å²) >= 11 is 1.16. The van der Waals surface area contributed by atoms with Gasteiger partial charge in [0.05, 0.1) is 11.1 Å². The van der Waals surface area contributed by atoms with Gasteiger partial charge in [-0.2, -0.15) is 5.26 Å². The third-order valence-electron chi connectivity index (χ3n) is 3.33. The summed E-state index contributed by atoms with van der Waals surface area (Å²) < 4.78 is 5.29. The Morgan fingerprint density at radius 2 is 2.04 bits per heavy atom. The first kappa shape index (κ1) is 14.8. The van der Waals surface area contributed by atoms with Crippen molar-refractivity contribution in [2.75, 3.05) is 11.5 Å². The molecule has 0 radical (unpaired) electrons. The smallest absolute Gasteiger partial charge is 0.350 e. The van der Waals surface area contributed by atoms with Crippen molar-refractivity contribution >= 4 is 39.0 Å². The maximum absolute atomic E-state index is 12.2. The first-order valence-electron chi connectivity index (χ1n) is 6.75. The van der Waals surface area contributed by atoms with Gasteiger partial charge in [0, 0.05) is 0 Å². The molecular formula is C16H13N4O2S+. The number of nitrogens with two attached hydrogens (primary N) is 2. The second-order valence-electron chi connectivity index (χ2n) is 4.86. The van der Waals surface area contributed by atoms with Crippen molar-refractivity contribution in [3.8, 4) is 6.07 Å². The van der Waals surface area contributed by atoms with Gasteiger partial charge in [0.15, 0.2) is 4.83 Å². The molecule has 23 heavy (non-hydrogen) atoms. The number of nitrogens with zero attached hydrogens (tertiary/aromatic N) is 1. The lowest BCUT2D eigenvalue weighted by molar-refractivity contribution is -0.323. The number of esters is 1. The lowest BCUT2D eigenvalue weighted by Gasteiger charge is -2.03. The first-order valence-corrected chi connectivity index (χ1v) is 7.56. The van der Waals surface area contributed by atoms with Crippen LogP contribution in [0.4, 0.5) is 11.5 Å². The number of carbonyl (C=O) groups is 1. The summed E-state index contributed by atoms with van der Waals surface area (Å²) in [6.45, 7) is 0.169. The lowest BCUT2D eigenvalue weighted by atomic mass is 10.2. The molecule has 0 atom stereocenters. The number of nitriles is 1. The van der Waals surface area contributed by atoms with Gasteiger partial charge < -0.3 is 10.5 Å². The van der Waals surface area contributed by atoms with E-state index in [9.17, 15) is 4.79 Å². The molecule has 5 N–H and O–H groups in total. The molecule has 0 bridgehead atoms. The van der Waals surface area contributed by atoms with Crippen molar-refractivity contribution < 1.29 is 14.5 Å². The molecule has 0 unspecified atom stereocenters. The number of anilines is 2. The summed E-state index contributed by atoms with van der Waals surface area (Å²) in [6.07, 6.45) is 0. The molecule has 0 aliphatic carbocycles. The van der Waals surface area contributed by atoms with E-state index in [1.54, 1.807) is 6.07 Å². The third-order valence-corrected chi connectivity index (χ3v) is 4.45. The number of hydrogen-bond acceptors (Lipinski definition) is 6. The van der Waals surface area contributed by atoms with Gasteiger partial charge in [0.25, 0.3) is 5.82 Å². The quantitative estimate of drug-likeness (QED) is 0.715. The lowest BCUT2D eigenvalue weighted by Crippen LogP contribution is -2.11. The SMILES string of the molecule is N#Cc1cc2c(N)c(C(=O)OCc3ccccc3)sc2[nH+]c1N. The third kappa shape index (κ3) is 2.80. The summed E-state index contributed by atoms with van der Waals surface area (Å²) in [5.41, 5.74) is 13.2. The van der Waals surface area contributed by atoms with E-state index >= 15 is 0 Å². The highest BCUT2D eigenvalue weighted by molar-refractivity contribution is 7.20. The number of nitrogens with one attached hydrogen (secondary N) is 1. The fourth-order valence-electron chi connectivity index (χ4n) is 2.14. The molecule has 0 fully saturated rings. The number of benzene rings is 1. The number of thiophene rings is 1. The second-order valence-corrected chi connectivity index (χ2v) is 5.88. The van der Waals surface area contributed by atoms with Gasteiger partial charge in [-0.1, -0.05) is 41.7 Å². The Bertz CT molecular complexity index is 929. The zero-order valence-corrected chi connectivity index (χ0v) is 12.8. The van der Waals surface area contributed by atoms with Crippen LogP contribution in [-0.2, 0) is 11.3 Å². The zero-order valence-electron chi connectivity index (χ0n) is 12.0. The van der Waals surface area contributed by atoms with Crippen LogP contribution in [0.5, 0.6) is 0 Å². The van der Waals surface area contributed by atoms with E-state index in [-0.39, 0.29) is 23.7 Å². The summed E-state index contributed by atoms with van der Waals surface area (Å²) in [7, 11) is 0. The predicted molar refractivity (Wildman–Crippen MR) is 87.5 cm³/mol. The number of aromatic nitrogens is 1. The van der Waals surface area contributed by atoms with E-state index in [1.165, 1.54) is 0 Å². The summed E-state index contributed by atoms with van der Waals surface area (Å²) in [5.74, 6) is -0.261. The number of carbonyl (C=O) groups excluding carboxylic acids is 1. The topological polar surface area (TPSA) is 116 Å². The fourth-order valence-corrected chi connectivity index (χ4v) is 3.14. The molecule has 2 aromatic heterocycles. The Morgan fingerprint density at radius 1 is 1.30 bits per heavy atom. The maximum atomic E-state index is 12.2. The Morgan fingerprint density at radius 3 is 2.74 bits per heavy atom. The van der Waals surface area contributed by atoms with Crippen molar-refractivity contribution in [1.29, 1.82) is 5.26 Å². The van der Waals surface area contributed by atoms with Gasteiger partial charge in [-0.25, -0.2) is 9.78 Å². The molecular weight excluding hydrogens is 312 g/mol. The van der Waals surface area contributed by atoms with Crippen LogP contribution >= 0.6 is 11.3 Å². The normalized spacial score (nSPS) is 10.4. The Balaban J connectivity index is 1.89. The second kappa shape index (κ2) is 5.94. The number of hydrogen-bond donors (Lipinski definition) is 2. The van der Waals surface area contributed by atoms with Crippen molar-refractivity contribution in [3.05, 3.63) is 52.4 Å². The van der Waals surface area contributed by atoms with Crippen LogP contribution in [-0.4, -0.2) is 5.97 Å². The Labute approximate surface area is 135 Å². The largest absolute Gasteiger partial charge is 0.457 e. The van der Waals surface area contributed by atoms with Gasteiger partial charge in [-0.05, 0) is 11.6 Å². The minimum atomic E-state index is -0.502. The van der Waals surface area contributed by atoms with Crippen molar-refractivity contribution in [1.82, 2.24) is 0 Å². The van der Waals surface area contributed by atoms with Crippen LogP contribution in [0, 0.1) is 11.3 Å². The minimum absolute atomic E-state index is 0.169. The summed E-state index contributed by atoms with van der Waals surface area (Å²) in [4.78, 5) is 16.1. The number of ether oxygens (including phenoxy) is 1. The summed E-state index contributed by atoms with van der Waals surface area (Å²) in [6, 6.07) is 12.9. The highest BCUT2D eigenvalue weighted by Gasteiger charge is 2.21. The predicted octanol–water partition coefficient (Wildman–Crippen LogP) is 2.11. The molecule has 6 nitrogen and oxygen atoms in total. The van der Waals surface area contributed by atoms with Gasteiger partial charge in [0.2, 0.25) is 0 Å². The Kier molecular flexibility index (Phi) is 3.83. The number of rotatable bonds is 3. The maximum Gasteiger partial charge on any atom is 0.350 e. The van der Waals surface area contributed by atoms with Crippen LogP contribution in [0.25, 0.3) is 10.2 Å². The Hall–Kier alpha value is -3.11. The van der Waals surface area contributed by atoms with E-state index in [2.05, 4.69) is 4.98 Å². The van der Waals surface area contributed by atoms with E-state index in [4.69, 9.17) is 21.5 Å². The number of pyridine rings is 1. The number of fused-ring (bicyclic) bond motifs is 1. The van der Waals surface area contributed by atoms with Gasteiger partial charge in [0.1, 0.15) is 23.1 Å². The zero-order chi connectivity index (χ0) is 16.4. The van der Waals surface area contributed by atoms with E-state index in [1.807, 2.05) is 36.4 Å². The van der Waals surface area contributed by atoms with E-state index < -0.39 is 5.97 Å². The first-order chi connectivity index (χ1) is 11.1. The molecule has 0 aliphatic rings. The van der Waals surface area contributed by atoms with Gasteiger partial charge in [-0.15, -0.1) is 0 Å². The average Bonchev–Trinajstić information content (AvgIpc) is 2.89. The molecule has 114 valence electrons. The van der Waals surface area contributed by atoms with Crippen LogP contribution in [0.3, 0.4) is 0 Å². The molecule has 0 saturated heterocycles. The van der Waals surface area contributed by atoms with Crippen LogP contribution in [0.15, 0.2) is 36.4 Å². The van der Waals surface area contributed by atoms with Crippen molar-refractivity contribution in [2.45, 2.75) is 6.61 Å². The van der Waals surface area contributed by atoms with E-state index in [0.29, 0.717) is 15.1 Å². The molecule has 2 heterocycles. The van der Waals surface area contributed by atoms with Crippen molar-refractivity contribution in [2.24, 2.45) is 0 Å². The fraction of sp³-hybridized carbons (Fsp3) is 0.0625. The van der Waals surface area contributed by atoms with Gasteiger partial charge >= 0.3 is 5.97 Å². The van der Waals surface area contributed by atoms with Gasteiger partial charge in [-0.3, -0.25) is 5.73 Å². The van der Waals surface area contributed by atoms with Crippen LogP contribution < -0.4 is 16.5 Å². The number of H-pyrrole nitrogens is 1. The molecule has 0 amide bonds. The minimum Gasteiger partial charge on any atom is -0.457 e. The van der Waals surface area contributed by atoms with Crippen molar-refractivity contribution in [3.63, 3.8) is 0 Å². The van der Waals surface area contributed by atoms with Crippen LogP contribution in [0.2, 0.25) is 0 Å². The molecule has 0 saturated carbocycles. The molecule has 3 aromatic rings. The number of nitrogen functional groups attached to an aromatic ring is 2. The average molecular weight is 325 g/mol.